The van der Waals surface area contributed by atoms with Crippen LogP contribution in [-0.2, 0) is 33.2 Å². The van der Waals surface area contributed by atoms with Crippen molar-refractivity contribution in [2.75, 3.05) is 6.61 Å². The molecule has 0 aromatic rings. The van der Waals surface area contributed by atoms with Gasteiger partial charge in [-0.3, -0.25) is 0 Å². The summed E-state index contributed by atoms with van der Waals surface area (Å²) < 4.78 is 49.4. The Morgan fingerprint density at radius 3 is 1.97 bits per heavy atom. The zero-order valence-electron chi connectivity index (χ0n) is 21.2. The number of hydrogen-bond donors (Lipinski definition) is 3. The lowest BCUT2D eigenvalue weighted by Crippen LogP contribution is -2.73. The molecule has 0 saturated heterocycles. The van der Waals surface area contributed by atoms with Crippen molar-refractivity contribution in [1.29, 1.82) is 0 Å². The lowest BCUT2D eigenvalue weighted by atomic mass is 9.48. The molecule has 0 aromatic heterocycles. The maximum Gasteiger partial charge on any atom is 0.415 e. The molecule has 8 aliphatic rings. The highest BCUT2D eigenvalue weighted by Crippen LogP contribution is 2.64. The summed E-state index contributed by atoms with van der Waals surface area (Å²) in [6.45, 7) is 1.60. The first-order valence-electron chi connectivity index (χ1n) is 13.3. The molecule has 2 unspecified atom stereocenters. The first-order valence-corrected chi connectivity index (χ1v) is 14.0. The Balaban J connectivity index is 1.15. The topological polar surface area (TPSA) is 141 Å². The molecule has 0 amide bonds. The molecule has 0 aromatic carbocycles. The standard InChI is InChI=1S/C25H34F2O10S/c1-20(16-3-14-2-15(5-16)6-17(20)4-14)34-18(28)7-33-23-9-21(30)8-22(31,10-23)12-24(11-21,13-23)35-19(29)25(26,27)38-37-36-32/h14-17,30-32H,2-13H2,1H3. The van der Waals surface area contributed by atoms with Gasteiger partial charge in [-0.15, -0.1) is 4.33 Å². The number of carbonyl (C=O) groups excluding carboxylic acids is 2. The number of ether oxygens (including phenoxy) is 3. The zero-order chi connectivity index (χ0) is 27.2. The van der Waals surface area contributed by atoms with E-state index in [4.69, 9.17) is 19.5 Å². The summed E-state index contributed by atoms with van der Waals surface area (Å²) in [5, 5.41) is 29.6. The molecule has 8 fully saturated rings. The van der Waals surface area contributed by atoms with Crippen LogP contribution in [0.25, 0.3) is 0 Å². The molecule has 214 valence electrons. The van der Waals surface area contributed by atoms with Gasteiger partial charge in [0.1, 0.15) is 29.9 Å². The van der Waals surface area contributed by atoms with Crippen LogP contribution in [0.3, 0.4) is 0 Å². The summed E-state index contributed by atoms with van der Waals surface area (Å²) in [5.41, 5.74) is -6.53. The highest BCUT2D eigenvalue weighted by Gasteiger charge is 2.71. The summed E-state index contributed by atoms with van der Waals surface area (Å²) in [7, 11) is 0. The largest absolute Gasteiger partial charge is 0.457 e. The lowest BCUT2D eigenvalue weighted by Gasteiger charge is -2.66. The molecule has 0 aliphatic heterocycles. The Hall–Kier alpha value is -1.09. The van der Waals surface area contributed by atoms with E-state index < -0.39 is 63.8 Å². The first-order chi connectivity index (χ1) is 17.7. The van der Waals surface area contributed by atoms with Crippen LogP contribution >= 0.6 is 12.0 Å². The number of carbonyl (C=O) groups is 2. The number of hydrogen-bond acceptors (Lipinski definition) is 11. The van der Waals surface area contributed by atoms with Gasteiger partial charge in [-0.2, -0.15) is 8.78 Å². The van der Waals surface area contributed by atoms with Gasteiger partial charge in [-0.25, -0.2) is 14.8 Å². The quantitative estimate of drug-likeness (QED) is 0.164. The Labute approximate surface area is 222 Å². The summed E-state index contributed by atoms with van der Waals surface area (Å²) in [5.74, 6) is -0.442. The van der Waals surface area contributed by atoms with Crippen LogP contribution in [0, 0.1) is 23.7 Å². The van der Waals surface area contributed by atoms with Gasteiger partial charge >= 0.3 is 17.2 Å². The van der Waals surface area contributed by atoms with Crippen molar-refractivity contribution in [3.63, 3.8) is 0 Å². The van der Waals surface area contributed by atoms with E-state index in [1.165, 1.54) is 6.42 Å². The van der Waals surface area contributed by atoms with Gasteiger partial charge in [0, 0.05) is 38.5 Å². The van der Waals surface area contributed by atoms with Crippen LogP contribution in [0.1, 0.15) is 77.6 Å². The van der Waals surface area contributed by atoms with E-state index in [0.29, 0.717) is 23.7 Å². The van der Waals surface area contributed by atoms with Gasteiger partial charge in [-0.1, -0.05) is 5.04 Å². The van der Waals surface area contributed by atoms with Gasteiger partial charge in [-0.05, 0) is 62.7 Å². The second-order valence-corrected chi connectivity index (χ2v) is 14.1. The fraction of sp³-hybridized carbons (Fsp3) is 0.920. The van der Waals surface area contributed by atoms with Gasteiger partial charge < -0.3 is 24.4 Å². The second-order valence-electron chi connectivity index (χ2n) is 13.3. The molecule has 3 N–H and O–H groups in total. The summed E-state index contributed by atoms with van der Waals surface area (Å²) in [6, 6.07) is 0. The van der Waals surface area contributed by atoms with E-state index in [0.717, 1.165) is 25.7 Å². The molecule has 38 heavy (non-hydrogen) atoms. The predicted molar refractivity (Wildman–Crippen MR) is 124 cm³/mol. The minimum absolute atomic E-state index is 0.0226. The van der Waals surface area contributed by atoms with Gasteiger partial charge in [0.05, 0.1) is 16.8 Å². The molecule has 13 heteroatoms. The molecule has 8 bridgehead atoms. The minimum Gasteiger partial charge on any atom is -0.457 e. The molecule has 8 aliphatic carbocycles. The zero-order valence-corrected chi connectivity index (χ0v) is 22.0. The normalized spacial score (nSPS) is 48.4. The van der Waals surface area contributed by atoms with Crippen molar-refractivity contribution in [1.82, 2.24) is 0 Å². The average Bonchev–Trinajstić information content (AvgIpc) is 2.77. The lowest BCUT2D eigenvalue weighted by molar-refractivity contribution is -0.433. The first kappa shape index (κ1) is 27.1. The fourth-order valence-corrected chi connectivity index (χ4v) is 9.96. The Morgan fingerprint density at radius 2 is 1.42 bits per heavy atom. The summed E-state index contributed by atoms with van der Waals surface area (Å²) >= 11 is -0.745. The number of halogens is 2. The van der Waals surface area contributed by atoms with E-state index in [9.17, 15) is 28.6 Å². The fourth-order valence-electron chi connectivity index (χ4n) is 9.73. The van der Waals surface area contributed by atoms with Crippen LogP contribution in [0.5, 0.6) is 0 Å². The third-order valence-corrected chi connectivity index (χ3v) is 10.7. The molecule has 0 spiro atoms. The molecule has 10 nitrogen and oxygen atoms in total. The number of aliphatic hydroxyl groups is 2. The Morgan fingerprint density at radius 1 is 0.868 bits per heavy atom. The van der Waals surface area contributed by atoms with Crippen molar-refractivity contribution in [2.45, 2.75) is 111 Å². The van der Waals surface area contributed by atoms with E-state index in [1.807, 2.05) is 6.92 Å². The van der Waals surface area contributed by atoms with Crippen molar-refractivity contribution < 1.29 is 57.4 Å². The highest BCUT2D eigenvalue weighted by atomic mass is 32.2. The van der Waals surface area contributed by atoms with E-state index >= 15 is 0 Å². The molecule has 8 saturated carbocycles. The third kappa shape index (κ3) is 4.55. The van der Waals surface area contributed by atoms with Gasteiger partial charge in [0.25, 0.3) is 0 Å². The maximum absolute atomic E-state index is 14.2. The van der Waals surface area contributed by atoms with Crippen LogP contribution in [0.15, 0.2) is 0 Å². The summed E-state index contributed by atoms with van der Waals surface area (Å²) in [4.78, 5) is 25.4. The van der Waals surface area contributed by atoms with Crippen molar-refractivity contribution >= 4 is 24.0 Å². The van der Waals surface area contributed by atoms with Gasteiger partial charge in [0.15, 0.2) is 0 Å². The second kappa shape index (κ2) is 8.70. The van der Waals surface area contributed by atoms with Crippen LogP contribution < -0.4 is 0 Å². The predicted octanol–water partition coefficient (Wildman–Crippen LogP) is 3.29. The molecule has 2 atom stereocenters. The minimum atomic E-state index is -4.23. The van der Waals surface area contributed by atoms with Crippen LogP contribution in [0.2, 0.25) is 0 Å². The van der Waals surface area contributed by atoms with E-state index in [1.54, 1.807) is 0 Å². The van der Waals surface area contributed by atoms with Crippen molar-refractivity contribution in [2.24, 2.45) is 23.7 Å². The molecule has 0 heterocycles. The van der Waals surface area contributed by atoms with E-state index in [-0.39, 0.29) is 38.5 Å². The van der Waals surface area contributed by atoms with Crippen molar-refractivity contribution in [3.05, 3.63) is 0 Å². The smallest absolute Gasteiger partial charge is 0.415 e. The van der Waals surface area contributed by atoms with Crippen LogP contribution in [-0.4, -0.2) is 67.3 Å². The Bertz CT molecular complexity index is 961. The SMILES string of the molecule is CC1(OC(=O)COC23CC4(O)CC(O)(C2)CC(OC(=O)C(F)(F)SOOO)(C4)C3)C2CC3CC(C2)CC1C3. The van der Waals surface area contributed by atoms with E-state index in [2.05, 4.69) is 9.37 Å². The summed E-state index contributed by atoms with van der Waals surface area (Å²) in [6.07, 6.45) is 5.23. The van der Waals surface area contributed by atoms with Gasteiger partial charge in [0.2, 0.25) is 0 Å². The monoisotopic (exact) mass is 564 g/mol. The maximum atomic E-state index is 14.2. The average molecular weight is 565 g/mol. The molecule has 8 rings (SSSR count). The number of esters is 2. The van der Waals surface area contributed by atoms with Crippen molar-refractivity contribution in [3.8, 4) is 0 Å². The molecule has 0 radical (unpaired) electrons. The molecular weight excluding hydrogens is 530 g/mol. The number of alkyl halides is 2. The molecular formula is C25H34F2O10S. The Kier molecular flexibility index (Phi) is 6.21. The highest BCUT2D eigenvalue weighted by molar-refractivity contribution is 7.96. The third-order valence-electron chi connectivity index (χ3n) is 10.2. The number of rotatable bonds is 9. The van der Waals surface area contributed by atoms with Crippen LogP contribution in [0.4, 0.5) is 8.78 Å².